The molecule has 0 bridgehead atoms. The van der Waals surface area contributed by atoms with Crippen molar-refractivity contribution in [3.8, 4) is 11.1 Å². The van der Waals surface area contributed by atoms with Gasteiger partial charge in [0.1, 0.15) is 0 Å². The topological polar surface area (TPSA) is 9.23 Å². The summed E-state index contributed by atoms with van der Waals surface area (Å²) in [5.74, 6) is 0. The van der Waals surface area contributed by atoms with Gasteiger partial charge in [-0.05, 0) is 62.7 Å². The van der Waals surface area contributed by atoms with Crippen LogP contribution >= 0.6 is 11.8 Å². The van der Waals surface area contributed by atoms with E-state index in [1.807, 2.05) is 58.4 Å². The van der Waals surface area contributed by atoms with Gasteiger partial charge in [-0.3, -0.25) is 0 Å². The molecule has 4 rings (SSSR count). The summed E-state index contributed by atoms with van der Waals surface area (Å²) in [7, 11) is 3.25. The molecule has 0 radical (unpaired) electrons. The molecule has 3 aromatic rings. The van der Waals surface area contributed by atoms with Crippen LogP contribution in [0.1, 0.15) is 158 Å². The molecule has 1 fully saturated rings. The van der Waals surface area contributed by atoms with E-state index in [-0.39, 0.29) is 0 Å². The van der Waals surface area contributed by atoms with E-state index in [2.05, 4.69) is 142 Å². The zero-order valence-corrected chi connectivity index (χ0v) is 37.5. The molecule has 0 unspecified atom stereocenters. The molecular weight excluding hydrogens is 613 g/mol. The smallest absolute Gasteiger partial charge is 0.0351 e. The molecule has 1 aliphatic carbocycles. The van der Waals surface area contributed by atoms with Crippen molar-refractivity contribution in [3.05, 3.63) is 95.6 Å². The van der Waals surface area contributed by atoms with Crippen LogP contribution in [0.25, 0.3) is 11.1 Å². The van der Waals surface area contributed by atoms with Gasteiger partial charge < -0.3 is 4.74 Å². The highest BCUT2D eigenvalue weighted by Gasteiger charge is 2.19. The Morgan fingerprint density at radius 2 is 0.755 bits per heavy atom. The SMILES string of the molecule is CC.CC.CC1(C)CCCCC1.CCC.CCC.CCCC.COC.CSC.Cc1ccc(-c2ccc(C)cc2)cc1.Cc1ccccc1. The van der Waals surface area contributed by atoms with Crippen LogP contribution in [0.15, 0.2) is 78.9 Å². The Labute approximate surface area is 315 Å². The van der Waals surface area contributed by atoms with Crippen molar-refractivity contribution >= 4 is 11.8 Å². The number of benzene rings is 3. The monoisotopic (exact) mass is 701 g/mol. The van der Waals surface area contributed by atoms with E-state index in [0.29, 0.717) is 5.41 Å². The van der Waals surface area contributed by atoms with Crippen LogP contribution in [-0.2, 0) is 4.74 Å². The van der Waals surface area contributed by atoms with Crippen LogP contribution in [0.3, 0.4) is 0 Å². The first-order valence-corrected chi connectivity index (χ1v) is 21.0. The molecule has 0 saturated heterocycles. The summed E-state index contributed by atoms with van der Waals surface area (Å²) in [5.41, 5.74) is 7.19. The third-order valence-electron chi connectivity index (χ3n) is 6.08. The molecule has 0 aliphatic heterocycles. The van der Waals surface area contributed by atoms with Crippen LogP contribution in [0, 0.1) is 26.2 Å². The Bertz CT molecular complexity index is 853. The van der Waals surface area contributed by atoms with E-state index in [1.165, 1.54) is 85.6 Å². The van der Waals surface area contributed by atoms with E-state index in [4.69, 9.17) is 0 Å². The molecule has 1 nitrogen and oxygen atoms in total. The average molecular weight is 701 g/mol. The fourth-order valence-electron chi connectivity index (χ4n) is 3.54. The highest BCUT2D eigenvalue weighted by atomic mass is 32.2. The van der Waals surface area contributed by atoms with E-state index < -0.39 is 0 Å². The number of methoxy groups -OCH3 is 1. The van der Waals surface area contributed by atoms with Gasteiger partial charge in [0.2, 0.25) is 0 Å². The first-order valence-electron chi connectivity index (χ1n) is 19.4. The fourth-order valence-corrected chi connectivity index (χ4v) is 3.54. The summed E-state index contributed by atoms with van der Waals surface area (Å²) in [6.45, 7) is 31.9. The number of hydrogen-bond acceptors (Lipinski definition) is 2. The summed E-state index contributed by atoms with van der Waals surface area (Å²) in [5, 5.41) is 0. The molecule has 0 heterocycles. The molecule has 3 aromatic carbocycles. The summed E-state index contributed by atoms with van der Waals surface area (Å²) in [6, 6.07) is 27.5. The molecule has 0 aromatic heterocycles. The number of aryl methyl sites for hydroxylation is 3. The Hall–Kier alpha value is -2.03. The van der Waals surface area contributed by atoms with Crippen molar-refractivity contribution in [3.63, 3.8) is 0 Å². The molecule has 0 spiro atoms. The predicted octanol–water partition coefficient (Wildman–Crippen LogP) is 16.9. The minimum absolute atomic E-state index is 0.679. The molecule has 0 atom stereocenters. The van der Waals surface area contributed by atoms with E-state index >= 15 is 0 Å². The summed E-state index contributed by atoms with van der Waals surface area (Å²) in [4.78, 5) is 0. The molecule has 1 saturated carbocycles. The van der Waals surface area contributed by atoms with Gasteiger partial charge in [0.25, 0.3) is 0 Å². The van der Waals surface area contributed by atoms with Gasteiger partial charge in [-0.25, -0.2) is 0 Å². The number of hydrogen-bond donors (Lipinski definition) is 0. The first-order chi connectivity index (χ1) is 23.4. The van der Waals surface area contributed by atoms with Gasteiger partial charge in [0.15, 0.2) is 0 Å². The molecule has 49 heavy (non-hydrogen) atoms. The molecule has 0 N–H and O–H groups in total. The normalized spacial score (nSPS) is 11.0. The molecule has 0 amide bonds. The van der Waals surface area contributed by atoms with Gasteiger partial charge in [-0.2, -0.15) is 11.8 Å². The largest absolute Gasteiger partial charge is 0.388 e. The third-order valence-corrected chi connectivity index (χ3v) is 6.08. The van der Waals surface area contributed by atoms with Crippen LogP contribution < -0.4 is 0 Å². The molecular formula is C47H88OS. The summed E-state index contributed by atoms with van der Waals surface area (Å²) in [6.07, 6.45) is 16.5. The Kier molecular flexibility index (Phi) is 60.8. The zero-order chi connectivity index (χ0) is 39.4. The lowest BCUT2D eigenvalue weighted by molar-refractivity contribution is 0.244. The number of thioether (sulfide) groups is 1. The maximum absolute atomic E-state index is 4.25. The number of rotatable bonds is 2. The van der Waals surface area contributed by atoms with Crippen molar-refractivity contribution in [1.82, 2.24) is 0 Å². The molecule has 288 valence electrons. The maximum Gasteiger partial charge on any atom is 0.0351 e. The minimum Gasteiger partial charge on any atom is -0.388 e. The van der Waals surface area contributed by atoms with Crippen LogP contribution in [-0.4, -0.2) is 26.7 Å². The van der Waals surface area contributed by atoms with Gasteiger partial charge in [-0.1, -0.05) is 224 Å². The fraction of sp³-hybridized carbons (Fsp3) is 0.617. The summed E-state index contributed by atoms with van der Waals surface area (Å²) >= 11 is 1.75. The lowest BCUT2D eigenvalue weighted by atomic mass is 9.78. The average Bonchev–Trinajstić information content (AvgIpc) is 3.10. The van der Waals surface area contributed by atoms with Gasteiger partial charge in [0.05, 0.1) is 0 Å². The standard InChI is InChI=1S/C14H14.C8H16.C7H8.C4H10.2C3H8.C2H6O.C2H6S.2C2H6/c1-11-3-7-13(8-4-11)14-9-5-12(2)6-10-14;1-8(2)6-4-3-5-7-8;1-7-5-3-2-4-6-7;1-3-4-2;4*1-3-2;2*1-2/h3-10H,1-2H3;3-7H2,1-2H3;2-6H,1H3;3-4H2,1-2H3;2*3H2,1-2H3;2*1-2H3;2*1-2H3. The van der Waals surface area contributed by atoms with E-state index in [1.54, 1.807) is 26.0 Å². The number of unbranched alkanes of at least 4 members (excludes halogenated alkanes) is 1. The van der Waals surface area contributed by atoms with Gasteiger partial charge in [-0.15, -0.1) is 0 Å². The Morgan fingerprint density at radius 1 is 0.510 bits per heavy atom. The van der Waals surface area contributed by atoms with Crippen molar-refractivity contribution in [2.24, 2.45) is 5.41 Å². The van der Waals surface area contributed by atoms with E-state index in [9.17, 15) is 0 Å². The second-order valence-corrected chi connectivity index (χ2v) is 13.2. The number of ether oxygens (including phenoxy) is 1. The van der Waals surface area contributed by atoms with Crippen LogP contribution in [0.5, 0.6) is 0 Å². The highest BCUT2D eigenvalue weighted by molar-refractivity contribution is 7.97. The Morgan fingerprint density at radius 3 is 0.918 bits per heavy atom. The minimum atomic E-state index is 0.679. The second kappa shape index (κ2) is 50.3. The van der Waals surface area contributed by atoms with Crippen molar-refractivity contribution < 1.29 is 4.74 Å². The lowest BCUT2D eigenvalue weighted by Crippen LogP contribution is -2.14. The Balaban J connectivity index is -0.000000115. The maximum atomic E-state index is 4.25. The van der Waals surface area contributed by atoms with Crippen molar-refractivity contribution in [2.45, 2.75) is 162 Å². The van der Waals surface area contributed by atoms with Gasteiger partial charge >= 0.3 is 0 Å². The first kappa shape index (κ1) is 59.1. The van der Waals surface area contributed by atoms with Crippen molar-refractivity contribution in [2.75, 3.05) is 26.7 Å². The molecule has 2 heteroatoms. The predicted molar refractivity (Wildman–Crippen MR) is 237 cm³/mol. The van der Waals surface area contributed by atoms with Crippen LogP contribution in [0.2, 0.25) is 0 Å². The quantitative estimate of drug-likeness (QED) is 0.263. The van der Waals surface area contributed by atoms with E-state index in [0.717, 1.165) is 0 Å². The van der Waals surface area contributed by atoms with Crippen molar-refractivity contribution in [1.29, 1.82) is 0 Å². The third kappa shape index (κ3) is 52.9. The lowest BCUT2D eigenvalue weighted by Gasteiger charge is -2.28. The second-order valence-electron chi connectivity index (χ2n) is 12.3. The summed E-state index contributed by atoms with van der Waals surface area (Å²) < 4.78 is 4.25. The highest BCUT2D eigenvalue weighted by Crippen LogP contribution is 2.34. The van der Waals surface area contributed by atoms with Crippen LogP contribution in [0.4, 0.5) is 0 Å². The van der Waals surface area contributed by atoms with Gasteiger partial charge in [0, 0.05) is 14.2 Å². The zero-order valence-electron chi connectivity index (χ0n) is 36.7. The molecule has 1 aliphatic rings.